The summed E-state index contributed by atoms with van der Waals surface area (Å²) in [6.07, 6.45) is 1.17. The summed E-state index contributed by atoms with van der Waals surface area (Å²) in [4.78, 5) is 2.47. The third-order valence-electron chi connectivity index (χ3n) is 2.86. The van der Waals surface area contributed by atoms with Crippen LogP contribution >= 0.6 is 0 Å². The largest absolute Gasteiger partial charge is 0.383 e. The van der Waals surface area contributed by atoms with Crippen LogP contribution in [0.2, 0.25) is 0 Å². The number of rotatable bonds is 12. The summed E-state index contributed by atoms with van der Waals surface area (Å²) in [7, 11) is 3.53. The van der Waals surface area contributed by atoms with E-state index in [1.54, 1.807) is 14.2 Å². The Labute approximate surface area is 113 Å². The van der Waals surface area contributed by atoms with E-state index in [0.717, 1.165) is 39.4 Å². The molecule has 0 saturated carbocycles. The van der Waals surface area contributed by atoms with Crippen LogP contribution in [0, 0.1) is 5.92 Å². The van der Waals surface area contributed by atoms with E-state index in [9.17, 15) is 0 Å². The van der Waals surface area contributed by atoms with E-state index in [2.05, 4.69) is 31.0 Å². The zero-order valence-electron chi connectivity index (χ0n) is 12.9. The Morgan fingerprint density at radius 3 is 2.39 bits per heavy atom. The molecule has 0 spiro atoms. The zero-order valence-corrected chi connectivity index (χ0v) is 12.9. The predicted octanol–water partition coefficient (Wildman–Crippen LogP) is 1.61. The van der Waals surface area contributed by atoms with Crippen LogP contribution < -0.4 is 5.32 Å². The lowest BCUT2D eigenvalue weighted by Crippen LogP contribution is -2.48. The Balaban J connectivity index is 4.31. The first-order valence-corrected chi connectivity index (χ1v) is 7.08. The van der Waals surface area contributed by atoms with E-state index >= 15 is 0 Å². The van der Waals surface area contributed by atoms with E-state index in [0.29, 0.717) is 12.0 Å². The smallest absolute Gasteiger partial charge is 0.0630 e. The minimum atomic E-state index is 0.430. The normalized spacial score (nSPS) is 13.5. The van der Waals surface area contributed by atoms with Crippen LogP contribution in [0.4, 0.5) is 0 Å². The second-order valence-electron chi connectivity index (χ2n) is 5.19. The molecule has 0 fully saturated rings. The van der Waals surface area contributed by atoms with Crippen LogP contribution in [-0.4, -0.2) is 64.6 Å². The summed E-state index contributed by atoms with van der Waals surface area (Å²) in [5.74, 6) is 0.660. The second kappa shape index (κ2) is 11.9. The van der Waals surface area contributed by atoms with Gasteiger partial charge in [0.05, 0.1) is 13.2 Å². The maximum atomic E-state index is 5.35. The van der Waals surface area contributed by atoms with Crippen molar-refractivity contribution in [3.05, 3.63) is 0 Å². The van der Waals surface area contributed by atoms with Gasteiger partial charge < -0.3 is 14.8 Å². The van der Waals surface area contributed by atoms with E-state index in [-0.39, 0.29) is 0 Å². The lowest BCUT2D eigenvalue weighted by atomic mass is 10.1. The van der Waals surface area contributed by atoms with Gasteiger partial charge in [-0.25, -0.2) is 0 Å². The second-order valence-corrected chi connectivity index (χ2v) is 5.19. The molecular formula is C14H32N2O2. The fourth-order valence-corrected chi connectivity index (χ4v) is 2.03. The highest BCUT2D eigenvalue weighted by Crippen LogP contribution is 2.05. The number of hydrogen-bond acceptors (Lipinski definition) is 4. The van der Waals surface area contributed by atoms with E-state index in [1.807, 2.05) is 0 Å². The summed E-state index contributed by atoms with van der Waals surface area (Å²) in [6.45, 7) is 12.4. The molecule has 0 aromatic heterocycles. The average molecular weight is 260 g/mol. The third-order valence-corrected chi connectivity index (χ3v) is 2.86. The predicted molar refractivity (Wildman–Crippen MR) is 77.1 cm³/mol. The first kappa shape index (κ1) is 17.8. The van der Waals surface area contributed by atoms with Gasteiger partial charge in [-0.2, -0.15) is 0 Å². The lowest BCUT2D eigenvalue weighted by Gasteiger charge is -2.32. The third kappa shape index (κ3) is 8.86. The minimum absolute atomic E-state index is 0.430. The van der Waals surface area contributed by atoms with Crippen molar-refractivity contribution in [1.29, 1.82) is 0 Å². The molecule has 0 aliphatic heterocycles. The Bertz CT molecular complexity index is 177. The molecule has 110 valence electrons. The fraction of sp³-hybridized carbons (Fsp3) is 1.00. The molecule has 18 heavy (non-hydrogen) atoms. The van der Waals surface area contributed by atoms with Crippen LogP contribution in [0.5, 0.6) is 0 Å². The average Bonchev–Trinajstić information content (AvgIpc) is 2.33. The summed E-state index contributed by atoms with van der Waals surface area (Å²) in [5.41, 5.74) is 0. The van der Waals surface area contributed by atoms with Crippen molar-refractivity contribution in [3.8, 4) is 0 Å². The van der Waals surface area contributed by atoms with Crippen LogP contribution in [0.1, 0.15) is 27.2 Å². The van der Waals surface area contributed by atoms with Crippen molar-refractivity contribution in [3.63, 3.8) is 0 Å². The molecule has 0 amide bonds. The number of nitrogens with one attached hydrogen (secondary N) is 1. The van der Waals surface area contributed by atoms with Gasteiger partial charge in [0.1, 0.15) is 0 Å². The molecule has 1 atom stereocenters. The summed E-state index contributed by atoms with van der Waals surface area (Å²) < 4.78 is 10.6. The molecule has 0 aliphatic rings. The van der Waals surface area contributed by atoms with E-state index in [1.165, 1.54) is 6.42 Å². The molecule has 0 aliphatic carbocycles. The highest BCUT2D eigenvalue weighted by atomic mass is 16.5. The van der Waals surface area contributed by atoms with Crippen molar-refractivity contribution >= 4 is 0 Å². The molecule has 0 heterocycles. The Hall–Kier alpha value is -0.160. The molecule has 1 unspecified atom stereocenters. The zero-order chi connectivity index (χ0) is 13.8. The maximum Gasteiger partial charge on any atom is 0.0630 e. The maximum absolute atomic E-state index is 5.35. The van der Waals surface area contributed by atoms with Gasteiger partial charge in [0.2, 0.25) is 0 Å². The van der Waals surface area contributed by atoms with Crippen molar-refractivity contribution < 1.29 is 9.47 Å². The topological polar surface area (TPSA) is 33.7 Å². The quantitative estimate of drug-likeness (QED) is 0.541. The highest BCUT2D eigenvalue weighted by molar-refractivity contribution is 4.75. The van der Waals surface area contributed by atoms with Crippen molar-refractivity contribution in [2.75, 3.05) is 53.6 Å². The molecule has 0 saturated heterocycles. The fourth-order valence-electron chi connectivity index (χ4n) is 2.03. The molecular weight excluding hydrogens is 228 g/mol. The van der Waals surface area contributed by atoms with Gasteiger partial charge in [0.15, 0.2) is 0 Å². The molecule has 0 radical (unpaired) electrons. The highest BCUT2D eigenvalue weighted by Gasteiger charge is 2.18. The molecule has 1 N–H and O–H groups in total. The number of methoxy groups -OCH3 is 2. The van der Waals surface area contributed by atoms with Gasteiger partial charge in [-0.05, 0) is 18.9 Å². The van der Waals surface area contributed by atoms with Crippen LogP contribution in [0.3, 0.4) is 0 Å². The lowest BCUT2D eigenvalue weighted by molar-refractivity contribution is 0.0600. The first-order chi connectivity index (χ1) is 8.65. The monoisotopic (exact) mass is 260 g/mol. The van der Waals surface area contributed by atoms with Gasteiger partial charge >= 0.3 is 0 Å². The van der Waals surface area contributed by atoms with Crippen LogP contribution in [0.15, 0.2) is 0 Å². The van der Waals surface area contributed by atoms with Crippen molar-refractivity contribution in [2.45, 2.75) is 33.2 Å². The number of ether oxygens (including phenoxy) is 2. The molecule has 0 aromatic carbocycles. The molecule has 0 bridgehead atoms. The van der Waals surface area contributed by atoms with E-state index in [4.69, 9.17) is 9.47 Å². The summed E-state index contributed by atoms with van der Waals surface area (Å²) in [5, 5.41) is 3.49. The molecule has 4 nitrogen and oxygen atoms in total. The van der Waals surface area contributed by atoms with Gasteiger partial charge in [-0.3, -0.25) is 4.90 Å². The summed E-state index contributed by atoms with van der Waals surface area (Å²) >= 11 is 0. The van der Waals surface area contributed by atoms with Gasteiger partial charge in [-0.15, -0.1) is 0 Å². The van der Waals surface area contributed by atoms with E-state index < -0.39 is 0 Å². The van der Waals surface area contributed by atoms with Gasteiger partial charge in [0.25, 0.3) is 0 Å². The Morgan fingerprint density at radius 2 is 1.89 bits per heavy atom. The van der Waals surface area contributed by atoms with Gasteiger partial charge in [-0.1, -0.05) is 20.8 Å². The minimum Gasteiger partial charge on any atom is -0.383 e. The summed E-state index contributed by atoms with van der Waals surface area (Å²) in [6, 6.07) is 0.430. The number of hydrogen-bond donors (Lipinski definition) is 1. The molecule has 4 heteroatoms. The molecule has 0 aromatic rings. The van der Waals surface area contributed by atoms with Crippen molar-refractivity contribution in [2.24, 2.45) is 5.92 Å². The van der Waals surface area contributed by atoms with Crippen molar-refractivity contribution in [1.82, 2.24) is 10.2 Å². The first-order valence-electron chi connectivity index (χ1n) is 7.08. The van der Waals surface area contributed by atoms with Crippen LogP contribution in [-0.2, 0) is 9.47 Å². The van der Waals surface area contributed by atoms with Crippen LogP contribution in [0.25, 0.3) is 0 Å². The Morgan fingerprint density at radius 1 is 1.17 bits per heavy atom. The Kier molecular flexibility index (Phi) is 11.8. The van der Waals surface area contributed by atoms with Gasteiger partial charge in [0, 0.05) is 39.9 Å². The molecule has 0 rings (SSSR count). The standard InChI is InChI=1S/C14H32N2O2/c1-6-7-15-10-14(12-18-5)16(8-9-17-4)11-13(2)3/h13-15H,6-12H2,1-5H3. The SMILES string of the molecule is CCCNCC(COC)N(CCOC)CC(C)C. The number of nitrogens with zero attached hydrogens (tertiary/aromatic N) is 1.